The number of aryl methyl sites for hydroxylation is 2. The zero-order valence-corrected chi connectivity index (χ0v) is 18.1. The molecule has 0 bridgehead atoms. The van der Waals surface area contributed by atoms with Crippen LogP contribution in [0.3, 0.4) is 0 Å². The molecule has 0 saturated carbocycles. The Hall–Kier alpha value is -2.60. The first-order valence-electron chi connectivity index (χ1n) is 9.43. The zero-order valence-electron chi connectivity index (χ0n) is 17.3. The molecule has 0 fully saturated rings. The van der Waals surface area contributed by atoms with E-state index in [1.54, 1.807) is 18.3 Å². The van der Waals surface area contributed by atoms with Gasteiger partial charge in [-0.3, -0.25) is 14.4 Å². The minimum atomic E-state index is 0.213. The van der Waals surface area contributed by atoms with Crippen LogP contribution >= 0.6 is 11.3 Å². The van der Waals surface area contributed by atoms with Gasteiger partial charge in [-0.2, -0.15) is 0 Å². The van der Waals surface area contributed by atoms with Gasteiger partial charge in [0.2, 0.25) is 0 Å². The van der Waals surface area contributed by atoms with Crippen molar-refractivity contribution in [3.8, 4) is 5.00 Å². The molecule has 1 aromatic carbocycles. The van der Waals surface area contributed by atoms with Crippen LogP contribution in [-0.2, 0) is 11.3 Å². The van der Waals surface area contributed by atoms with Crippen LogP contribution in [0.1, 0.15) is 54.0 Å². The molecule has 1 aliphatic heterocycles. The molecule has 0 unspecified atom stereocenters. The van der Waals surface area contributed by atoms with Gasteiger partial charge in [0.1, 0.15) is 23.2 Å². The number of aliphatic imine (C=N–C) groups is 1. The van der Waals surface area contributed by atoms with E-state index in [4.69, 9.17) is 4.99 Å². The normalized spacial score (nSPS) is 12.5. The van der Waals surface area contributed by atoms with Crippen molar-refractivity contribution in [2.24, 2.45) is 10.9 Å². The number of aromatic nitrogens is 3. The highest BCUT2D eigenvalue weighted by Crippen LogP contribution is 2.36. The average Bonchev–Trinajstić information content (AvgIpc) is 3.11. The molecule has 4 rings (SSSR count). The number of carbonyl (C=O) groups is 1. The second-order valence-electron chi connectivity index (χ2n) is 7.26. The number of ketones is 1. The molecule has 3 aromatic rings. The van der Waals surface area contributed by atoms with Gasteiger partial charge < -0.3 is 0 Å². The summed E-state index contributed by atoms with van der Waals surface area (Å²) in [5.41, 5.74) is 4.72. The third kappa shape index (κ3) is 3.83. The van der Waals surface area contributed by atoms with Crippen LogP contribution in [0, 0.1) is 26.7 Å². The fourth-order valence-electron chi connectivity index (χ4n) is 2.88. The second-order valence-corrected chi connectivity index (χ2v) is 8.46. The second kappa shape index (κ2) is 8.19. The van der Waals surface area contributed by atoms with Crippen LogP contribution in [-0.4, -0.2) is 26.3 Å². The van der Waals surface area contributed by atoms with E-state index in [1.165, 1.54) is 21.0 Å². The lowest BCUT2D eigenvalue weighted by atomic mass is 10.00. The van der Waals surface area contributed by atoms with E-state index in [-0.39, 0.29) is 11.7 Å². The summed E-state index contributed by atoms with van der Waals surface area (Å²) in [6.07, 6.45) is 0. The molecule has 0 atom stereocenters. The van der Waals surface area contributed by atoms with E-state index in [0.717, 1.165) is 22.9 Å². The molecule has 2 aromatic heterocycles. The van der Waals surface area contributed by atoms with E-state index < -0.39 is 0 Å². The first kappa shape index (κ1) is 20.1. The topological polar surface area (TPSA) is 60.1 Å². The van der Waals surface area contributed by atoms with Gasteiger partial charge in [-0.15, -0.1) is 21.5 Å². The van der Waals surface area contributed by atoms with Crippen LogP contribution in [0.5, 0.6) is 0 Å². The molecule has 0 saturated heterocycles. The summed E-state index contributed by atoms with van der Waals surface area (Å²) in [6, 6.07) is 10.4. The summed E-state index contributed by atoms with van der Waals surface area (Å²) in [5, 5.41) is 9.71. The summed E-state index contributed by atoms with van der Waals surface area (Å²) in [7, 11) is 0. The standard InChI is InChI=1S/C17H16N4S.C5H10O/c1-10-11(2)22-17-15(10)16(13-7-5-4-6-8-13)18-9-14-20-19-12(3)21(14)17;1-4(2)5(3)6/h4-8H,9H2,1-3H3;4H,1-3H3. The Morgan fingerprint density at radius 1 is 1.11 bits per heavy atom. The van der Waals surface area contributed by atoms with Crippen molar-refractivity contribution in [2.45, 2.75) is 48.1 Å². The van der Waals surface area contributed by atoms with E-state index >= 15 is 0 Å². The molecule has 0 aliphatic carbocycles. The highest BCUT2D eigenvalue weighted by Gasteiger charge is 2.26. The van der Waals surface area contributed by atoms with Crippen LogP contribution in [0.15, 0.2) is 35.3 Å². The van der Waals surface area contributed by atoms with Crippen molar-refractivity contribution < 1.29 is 4.79 Å². The van der Waals surface area contributed by atoms with Crippen molar-refractivity contribution in [3.05, 3.63) is 63.5 Å². The summed E-state index contributed by atoms with van der Waals surface area (Å²) >= 11 is 1.79. The first-order valence-corrected chi connectivity index (χ1v) is 10.2. The maximum Gasteiger partial charge on any atom is 0.160 e. The Bertz CT molecular complexity index is 1030. The number of rotatable bonds is 2. The van der Waals surface area contributed by atoms with Gasteiger partial charge in [0, 0.05) is 21.9 Å². The predicted molar refractivity (Wildman–Crippen MR) is 115 cm³/mol. The molecular formula is C22H26N4OS. The minimum Gasteiger partial charge on any atom is -0.300 e. The fourth-order valence-corrected chi connectivity index (χ4v) is 4.10. The number of nitrogens with zero attached hydrogens (tertiary/aromatic N) is 4. The maximum absolute atomic E-state index is 10.1. The highest BCUT2D eigenvalue weighted by atomic mass is 32.1. The average molecular weight is 395 g/mol. The Morgan fingerprint density at radius 3 is 2.36 bits per heavy atom. The highest BCUT2D eigenvalue weighted by molar-refractivity contribution is 7.15. The number of fused-ring (bicyclic) bond motifs is 3. The number of benzene rings is 1. The van der Waals surface area contributed by atoms with Crippen LogP contribution in [0.2, 0.25) is 0 Å². The number of hydrogen-bond acceptors (Lipinski definition) is 5. The summed E-state index contributed by atoms with van der Waals surface area (Å²) in [5.74, 6) is 2.30. The third-order valence-corrected chi connectivity index (χ3v) is 6.13. The Kier molecular flexibility index (Phi) is 5.89. The van der Waals surface area contributed by atoms with Gasteiger partial charge in [-0.1, -0.05) is 44.2 Å². The Balaban J connectivity index is 0.000000330. The monoisotopic (exact) mass is 394 g/mol. The minimum absolute atomic E-state index is 0.213. The SMILES string of the molecule is CC(=O)C(C)C.Cc1sc2c(c1C)C(c1ccccc1)=NCc1nnc(C)n1-2. The largest absolute Gasteiger partial charge is 0.300 e. The quantitative estimate of drug-likeness (QED) is 0.625. The van der Waals surface area contributed by atoms with Crippen LogP contribution in [0.25, 0.3) is 5.00 Å². The fraction of sp³-hybridized carbons (Fsp3) is 0.364. The van der Waals surface area contributed by atoms with Crippen molar-refractivity contribution in [2.75, 3.05) is 0 Å². The summed E-state index contributed by atoms with van der Waals surface area (Å²) in [4.78, 5) is 16.3. The predicted octanol–water partition coefficient (Wildman–Crippen LogP) is 4.84. The maximum atomic E-state index is 10.1. The summed E-state index contributed by atoms with van der Waals surface area (Å²) < 4.78 is 2.15. The first-order chi connectivity index (χ1) is 13.3. The number of Topliss-reactive ketones (excluding diaryl/α,β-unsaturated/α-hetero) is 1. The van der Waals surface area contributed by atoms with E-state index in [1.807, 2.05) is 26.8 Å². The van der Waals surface area contributed by atoms with Crippen LogP contribution in [0.4, 0.5) is 0 Å². The van der Waals surface area contributed by atoms with Crippen molar-refractivity contribution in [1.82, 2.24) is 14.8 Å². The van der Waals surface area contributed by atoms with Crippen molar-refractivity contribution >= 4 is 22.8 Å². The molecule has 6 heteroatoms. The zero-order chi connectivity index (χ0) is 20.4. The van der Waals surface area contributed by atoms with Gasteiger partial charge in [0.05, 0.1) is 5.71 Å². The van der Waals surface area contributed by atoms with E-state index in [0.29, 0.717) is 6.54 Å². The van der Waals surface area contributed by atoms with Crippen LogP contribution < -0.4 is 0 Å². The van der Waals surface area contributed by atoms with Gasteiger partial charge >= 0.3 is 0 Å². The van der Waals surface area contributed by atoms with Crippen molar-refractivity contribution in [3.63, 3.8) is 0 Å². The third-order valence-electron chi connectivity index (χ3n) is 4.94. The molecule has 146 valence electrons. The van der Waals surface area contributed by atoms with E-state index in [9.17, 15) is 4.79 Å². The van der Waals surface area contributed by atoms with Gasteiger partial charge in [0.15, 0.2) is 5.82 Å². The van der Waals surface area contributed by atoms with Gasteiger partial charge in [-0.25, -0.2) is 0 Å². The Labute approximate surface area is 170 Å². The summed E-state index contributed by atoms with van der Waals surface area (Å²) in [6.45, 7) is 12.3. The number of hydrogen-bond donors (Lipinski definition) is 0. The Morgan fingerprint density at radius 2 is 1.75 bits per heavy atom. The lowest BCUT2D eigenvalue weighted by Gasteiger charge is -2.09. The number of thiophene rings is 1. The molecule has 0 N–H and O–H groups in total. The molecule has 1 aliphatic rings. The van der Waals surface area contributed by atoms with Gasteiger partial charge in [-0.05, 0) is 33.3 Å². The molecule has 3 heterocycles. The molecule has 0 amide bonds. The van der Waals surface area contributed by atoms with Gasteiger partial charge in [0.25, 0.3) is 0 Å². The van der Waals surface area contributed by atoms with Crippen molar-refractivity contribution in [1.29, 1.82) is 0 Å². The molecule has 5 nitrogen and oxygen atoms in total. The molecule has 28 heavy (non-hydrogen) atoms. The molecule has 0 radical (unpaired) electrons. The lowest BCUT2D eigenvalue weighted by molar-refractivity contribution is -0.119. The number of carbonyl (C=O) groups excluding carboxylic acids is 1. The van der Waals surface area contributed by atoms with E-state index in [2.05, 4.69) is 52.9 Å². The smallest absolute Gasteiger partial charge is 0.160 e. The molecule has 0 spiro atoms. The molecular weight excluding hydrogens is 368 g/mol. The lowest BCUT2D eigenvalue weighted by Crippen LogP contribution is -2.06.